The molecule has 2 aromatic rings. The van der Waals surface area contributed by atoms with Crippen LogP contribution in [0, 0.1) is 12.8 Å². The van der Waals surface area contributed by atoms with Crippen molar-refractivity contribution in [3.8, 4) is 0 Å². The molecule has 1 aliphatic heterocycles. The summed E-state index contributed by atoms with van der Waals surface area (Å²) < 4.78 is 4.95. The number of piperidine rings is 1. The van der Waals surface area contributed by atoms with Crippen molar-refractivity contribution >= 4 is 34.2 Å². The van der Waals surface area contributed by atoms with Gasteiger partial charge in [-0.15, -0.1) is 0 Å². The third-order valence-electron chi connectivity index (χ3n) is 5.82. The number of hydrogen-bond acceptors (Lipinski definition) is 5. The summed E-state index contributed by atoms with van der Waals surface area (Å²) in [5, 5.41) is 6.72. The quantitative estimate of drug-likeness (QED) is 0.598. The number of carbonyl (C=O) groups is 2. The first kappa shape index (κ1) is 23.0. The number of carbonyl (C=O) groups excluding carboxylic acids is 2. The number of rotatable bonds is 9. The highest BCUT2D eigenvalue weighted by Crippen LogP contribution is 2.28. The van der Waals surface area contributed by atoms with Crippen LogP contribution in [0.1, 0.15) is 44.6 Å². The molecule has 1 saturated heterocycles. The first-order valence-corrected chi connectivity index (χ1v) is 11.2. The molecule has 7 heteroatoms. The van der Waals surface area contributed by atoms with Crippen molar-refractivity contribution in [1.29, 1.82) is 0 Å². The van der Waals surface area contributed by atoms with Gasteiger partial charge in [-0.3, -0.25) is 9.59 Å². The van der Waals surface area contributed by atoms with Crippen molar-refractivity contribution in [2.75, 3.05) is 43.6 Å². The molecule has 0 spiro atoms. The highest BCUT2D eigenvalue weighted by Gasteiger charge is 2.18. The molecular formula is C24H34N4O3. The second-order valence-corrected chi connectivity index (χ2v) is 8.44. The summed E-state index contributed by atoms with van der Waals surface area (Å²) in [6, 6.07) is 7.93. The van der Waals surface area contributed by atoms with E-state index in [-0.39, 0.29) is 24.7 Å². The van der Waals surface area contributed by atoms with Gasteiger partial charge >= 0.3 is 0 Å². The Kier molecular flexibility index (Phi) is 8.23. The lowest BCUT2D eigenvalue weighted by Crippen LogP contribution is -2.33. The van der Waals surface area contributed by atoms with Crippen LogP contribution < -0.4 is 15.5 Å². The fraction of sp³-hybridized carbons (Fsp3) is 0.542. The lowest BCUT2D eigenvalue weighted by Gasteiger charge is -2.31. The Morgan fingerprint density at radius 3 is 2.65 bits per heavy atom. The molecule has 1 aromatic carbocycles. The lowest BCUT2D eigenvalue weighted by molar-refractivity contribution is -0.124. The van der Waals surface area contributed by atoms with Crippen LogP contribution in [-0.2, 0) is 14.3 Å². The maximum absolute atomic E-state index is 12.3. The topological polar surface area (TPSA) is 83.6 Å². The predicted molar refractivity (Wildman–Crippen MR) is 124 cm³/mol. The van der Waals surface area contributed by atoms with Crippen molar-refractivity contribution in [3.05, 3.63) is 29.8 Å². The number of amides is 2. The molecule has 0 aliphatic carbocycles. The minimum atomic E-state index is -0.170. The van der Waals surface area contributed by atoms with Crippen LogP contribution in [0.15, 0.2) is 24.3 Å². The molecule has 0 unspecified atom stereocenters. The first-order valence-electron chi connectivity index (χ1n) is 11.2. The van der Waals surface area contributed by atoms with Crippen molar-refractivity contribution in [2.24, 2.45) is 5.92 Å². The zero-order valence-electron chi connectivity index (χ0n) is 18.9. The number of aryl methyl sites for hydroxylation is 1. The van der Waals surface area contributed by atoms with E-state index in [0.717, 1.165) is 53.4 Å². The zero-order chi connectivity index (χ0) is 22.2. The van der Waals surface area contributed by atoms with Gasteiger partial charge in [0.2, 0.25) is 11.8 Å². The Hall–Kier alpha value is -2.67. The molecule has 1 aliphatic rings. The molecule has 2 heterocycles. The molecular weight excluding hydrogens is 392 g/mol. The summed E-state index contributed by atoms with van der Waals surface area (Å²) in [5.41, 5.74) is 2.80. The van der Waals surface area contributed by atoms with Gasteiger partial charge in [-0.1, -0.05) is 6.92 Å². The van der Waals surface area contributed by atoms with Gasteiger partial charge in [0.05, 0.1) is 5.52 Å². The van der Waals surface area contributed by atoms with E-state index in [1.165, 1.54) is 12.8 Å². The number of nitrogens with one attached hydrogen (secondary N) is 2. The van der Waals surface area contributed by atoms with E-state index < -0.39 is 0 Å². The Morgan fingerprint density at radius 1 is 1.16 bits per heavy atom. The van der Waals surface area contributed by atoms with Crippen LogP contribution in [-0.4, -0.2) is 50.1 Å². The van der Waals surface area contributed by atoms with E-state index >= 15 is 0 Å². The van der Waals surface area contributed by atoms with Crippen molar-refractivity contribution in [3.63, 3.8) is 0 Å². The van der Waals surface area contributed by atoms with Gasteiger partial charge in [0, 0.05) is 57.3 Å². The maximum atomic E-state index is 12.3. The number of anilines is 2. The highest BCUT2D eigenvalue weighted by molar-refractivity contribution is 5.96. The normalized spacial score (nSPS) is 14.6. The van der Waals surface area contributed by atoms with Gasteiger partial charge in [-0.25, -0.2) is 4.98 Å². The third-order valence-corrected chi connectivity index (χ3v) is 5.82. The van der Waals surface area contributed by atoms with Crippen LogP contribution in [0.5, 0.6) is 0 Å². The SMILES string of the molecule is COCCCNC(=O)CCC(=O)Nc1ccc2nc(N3CCC(C)CC3)cc(C)c2c1. The molecule has 31 heavy (non-hydrogen) atoms. The van der Waals surface area contributed by atoms with Crippen LogP contribution in [0.3, 0.4) is 0 Å². The van der Waals surface area contributed by atoms with Crippen molar-refractivity contribution in [2.45, 2.75) is 46.0 Å². The van der Waals surface area contributed by atoms with E-state index in [1.807, 2.05) is 18.2 Å². The second kappa shape index (κ2) is 11.1. The summed E-state index contributed by atoms with van der Waals surface area (Å²) in [4.78, 5) is 31.3. The average Bonchev–Trinajstić information content (AvgIpc) is 2.76. The Bertz CT molecular complexity index is 907. The second-order valence-electron chi connectivity index (χ2n) is 8.44. The fourth-order valence-corrected chi connectivity index (χ4v) is 3.84. The van der Waals surface area contributed by atoms with Gasteiger partial charge in [0.15, 0.2) is 0 Å². The number of pyridine rings is 1. The first-order chi connectivity index (χ1) is 15.0. The molecule has 168 valence electrons. The number of hydrogen-bond donors (Lipinski definition) is 2. The molecule has 1 fully saturated rings. The smallest absolute Gasteiger partial charge is 0.224 e. The van der Waals surface area contributed by atoms with Crippen LogP contribution >= 0.6 is 0 Å². The number of ether oxygens (including phenoxy) is 1. The zero-order valence-corrected chi connectivity index (χ0v) is 18.9. The predicted octanol–water partition coefficient (Wildman–Crippen LogP) is 3.65. The Labute approximate surface area is 184 Å². The summed E-state index contributed by atoms with van der Waals surface area (Å²) in [5.74, 6) is 1.52. The summed E-state index contributed by atoms with van der Waals surface area (Å²) >= 11 is 0. The molecule has 2 amide bonds. The molecule has 0 saturated carbocycles. The van der Waals surface area contributed by atoms with Crippen LogP contribution in [0.25, 0.3) is 10.9 Å². The van der Waals surface area contributed by atoms with E-state index in [1.54, 1.807) is 7.11 Å². The van der Waals surface area contributed by atoms with E-state index in [9.17, 15) is 9.59 Å². The van der Waals surface area contributed by atoms with Gasteiger partial charge < -0.3 is 20.3 Å². The Balaban J connectivity index is 1.57. The lowest BCUT2D eigenvalue weighted by atomic mass is 9.99. The molecule has 0 bridgehead atoms. The fourth-order valence-electron chi connectivity index (χ4n) is 3.84. The number of aromatic nitrogens is 1. The minimum Gasteiger partial charge on any atom is -0.385 e. The number of benzene rings is 1. The van der Waals surface area contributed by atoms with E-state index in [4.69, 9.17) is 9.72 Å². The molecule has 0 radical (unpaired) electrons. The molecule has 3 rings (SSSR count). The largest absolute Gasteiger partial charge is 0.385 e. The molecule has 1 aromatic heterocycles. The summed E-state index contributed by atoms with van der Waals surface area (Å²) in [6.45, 7) is 7.65. The van der Waals surface area contributed by atoms with Gasteiger partial charge in [-0.05, 0) is 61.9 Å². The van der Waals surface area contributed by atoms with Gasteiger partial charge in [0.25, 0.3) is 0 Å². The summed E-state index contributed by atoms with van der Waals surface area (Å²) in [7, 11) is 1.63. The van der Waals surface area contributed by atoms with Crippen LogP contribution in [0.2, 0.25) is 0 Å². The molecule has 0 atom stereocenters. The number of methoxy groups -OCH3 is 1. The van der Waals surface area contributed by atoms with Gasteiger partial charge in [-0.2, -0.15) is 0 Å². The maximum Gasteiger partial charge on any atom is 0.224 e. The molecule has 7 nitrogen and oxygen atoms in total. The van der Waals surface area contributed by atoms with Crippen molar-refractivity contribution in [1.82, 2.24) is 10.3 Å². The molecule has 2 N–H and O–H groups in total. The van der Waals surface area contributed by atoms with E-state index in [2.05, 4.69) is 35.4 Å². The van der Waals surface area contributed by atoms with Gasteiger partial charge in [0.1, 0.15) is 5.82 Å². The Morgan fingerprint density at radius 2 is 1.90 bits per heavy atom. The number of nitrogens with zero attached hydrogens (tertiary/aromatic N) is 2. The monoisotopic (exact) mass is 426 g/mol. The minimum absolute atomic E-state index is 0.121. The van der Waals surface area contributed by atoms with Crippen LogP contribution in [0.4, 0.5) is 11.5 Å². The van der Waals surface area contributed by atoms with E-state index in [0.29, 0.717) is 13.2 Å². The highest BCUT2D eigenvalue weighted by atomic mass is 16.5. The number of fused-ring (bicyclic) bond motifs is 1. The standard InChI is InChI=1S/C24H34N4O3/c1-17-9-12-28(13-10-17)22-15-18(2)20-16-19(5-6-21(20)27-22)26-24(30)8-7-23(29)25-11-4-14-31-3/h5-6,15-17H,4,7-14H2,1-3H3,(H,25,29)(H,26,30). The average molecular weight is 427 g/mol. The summed E-state index contributed by atoms with van der Waals surface area (Å²) in [6.07, 6.45) is 3.49. The van der Waals surface area contributed by atoms with Crippen molar-refractivity contribution < 1.29 is 14.3 Å². The third kappa shape index (κ3) is 6.66.